The summed E-state index contributed by atoms with van der Waals surface area (Å²) in [6, 6.07) is 23.1. The van der Waals surface area contributed by atoms with Crippen LogP contribution >= 0.6 is 34.2 Å². The first-order valence-corrected chi connectivity index (χ1v) is 12.2. The van der Waals surface area contributed by atoms with Crippen LogP contribution in [0.15, 0.2) is 77.6 Å². The Balaban J connectivity index is 1.40. The van der Waals surface area contributed by atoms with Gasteiger partial charge in [-0.05, 0) is 96.1 Å². The van der Waals surface area contributed by atoms with Gasteiger partial charge in [-0.25, -0.2) is 4.98 Å². The molecule has 1 heterocycles. The number of hydrogen-bond acceptors (Lipinski definition) is 3. The summed E-state index contributed by atoms with van der Waals surface area (Å²) in [7, 11) is 0. The van der Waals surface area contributed by atoms with Crippen molar-refractivity contribution in [2.24, 2.45) is 0 Å². The third-order valence-corrected chi connectivity index (χ3v) is 6.29. The number of rotatable bonds is 9. The van der Waals surface area contributed by atoms with Crippen molar-refractivity contribution in [3.63, 3.8) is 0 Å². The fourth-order valence-corrected chi connectivity index (χ4v) is 4.13. The molecule has 164 valence electrons. The standard InChI is InChI=1S/C26H24ClIN2O2/c27-20-11-9-19(10-12-20)25-29-24-8-4-3-7-23(24)26(31)30(25)17-5-1-2-6-18-32-22-15-13-21(28)14-16-22/h3-4,7-16H,1-2,5-6,17-18H2. The minimum Gasteiger partial charge on any atom is -0.494 e. The Hall–Kier alpha value is -2.38. The van der Waals surface area contributed by atoms with Gasteiger partial charge in [-0.3, -0.25) is 9.36 Å². The smallest absolute Gasteiger partial charge is 0.261 e. The quantitative estimate of drug-likeness (QED) is 0.165. The van der Waals surface area contributed by atoms with E-state index >= 15 is 0 Å². The second-order valence-electron chi connectivity index (χ2n) is 7.63. The minimum atomic E-state index is 0.00240. The molecule has 0 N–H and O–H groups in total. The first-order valence-electron chi connectivity index (χ1n) is 10.8. The summed E-state index contributed by atoms with van der Waals surface area (Å²) in [5.41, 5.74) is 1.61. The summed E-state index contributed by atoms with van der Waals surface area (Å²) < 4.78 is 8.80. The van der Waals surface area contributed by atoms with E-state index in [1.54, 1.807) is 4.57 Å². The second-order valence-corrected chi connectivity index (χ2v) is 9.31. The van der Waals surface area contributed by atoms with Crippen molar-refractivity contribution < 1.29 is 4.74 Å². The van der Waals surface area contributed by atoms with E-state index in [1.807, 2.05) is 72.8 Å². The number of ether oxygens (including phenoxy) is 1. The number of para-hydroxylation sites is 1. The Bertz CT molecular complexity index is 1240. The van der Waals surface area contributed by atoms with Crippen molar-refractivity contribution in [1.29, 1.82) is 0 Å². The maximum Gasteiger partial charge on any atom is 0.261 e. The third kappa shape index (κ3) is 5.70. The van der Waals surface area contributed by atoms with E-state index < -0.39 is 0 Å². The second kappa shape index (κ2) is 11.0. The van der Waals surface area contributed by atoms with Crippen LogP contribution in [-0.4, -0.2) is 16.2 Å². The van der Waals surface area contributed by atoms with Crippen LogP contribution in [-0.2, 0) is 6.54 Å². The maximum absolute atomic E-state index is 13.2. The average Bonchev–Trinajstić information content (AvgIpc) is 2.81. The van der Waals surface area contributed by atoms with Crippen LogP contribution in [0.4, 0.5) is 0 Å². The zero-order chi connectivity index (χ0) is 22.3. The molecule has 0 aliphatic carbocycles. The molecule has 6 heteroatoms. The molecular weight excluding hydrogens is 535 g/mol. The Kier molecular flexibility index (Phi) is 7.81. The van der Waals surface area contributed by atoms with Crippen LogP contribution in [0.25, 0.3) is 22.3 Å². The lowest BCUT2D eigenvalue weighted by Gasteiger charge is -2.14. The van der Waals surface area contributed by atoms with Gasteiger partial charge in [0.05, 0.1) is 17.5 Å². The Morgan fingerprint density at radius 1 is 0.875 bits per heavy atom. The van der Waals surface area contributed by atoms with Gasteiger partial charge in [0.2, 0.25) is 0 Å². The molecule has 4 aromatic rings. The number of aromatic nitrogens is 2. The van der Waals surface area contributed by atoms with Crippen LogP contribution in [0.1, 0.15) is 25.7 Å². The lowest BCUT2D eigenvalue weighted by molar-refractivity contribution is 0.304. The van der Waals surface area contributed by atoms with Gasteiger partial charge in [0.1, 0.15) is 11.6 Å². The maximum atomic E-state index is 13.2. The van der Waals surface area contributed by atoms with Crippen LogP contribution in [0, 0.1) is 3.57 Å². The monoisotopic (exact) mass is 558 g/mol. The van der Waals surface area contributed by atoms with Gasteiger partial charge in [-0.2, -0.15) is 0 Å². The molecule has 0 spiro atoms. The van der Waals surface area contributed by atoms with E-state index in [0.717, 1.165) is 37.0 Å². The summed E-state index contributed by atoms with van der Waals surface area (Å²) >= 11 is 8.34. The van der Waals surface area contributed by atoms with E-state index in [2.05, 4.69) is 22.6 Å². The average molecular weight is 559 g/mol. The summed E-state index contributed by atoms with van der Waals surface area (Å²) in [5.74, 6) is 1.60. The number of fused-ring (bicyclic) bond motifs is 1. The lowest BCUT2D eigenvalue weighted by Crippen LogP contribution is -2.23. The number of hydrogen-bond donors (Lipinski definition) is 0. The molecule has 0 aliphatic heterocycles. The fraction of sp³-hybridized carbons (Fsp3) is 0.231. The molecular formula is C26H24ClIN2O2. The van der Waals surface area contributed by atoms with Crippen LogP contribution in [0.3, 0.4) is 0 Å². The van der Waals surface area contributed by atoms with Gasteiger partial charge < -0.3 is 4.74 Å². The molecule has 1 aromatic heterocycles. The normalized spacial score (nSPS) is 11.1. The largest absolute Gasteiger partial charge is 0.494 e. The molecule has 0 radical (unpaired) electrons. The summed E-state index contributed by atoms with van der Waals surface area (Å²) in [6.07, 6.45) is 3.97. The van der Waals surface area contributed by atoms with Crippen LogP contribution in [0.2, 0.25) is 5.02 Å². The highest BCUT2D eigenvalue weighted by molar-refractivity contribution is 14.1. The van der Waals surface area contributed by atoms with Gasteiger partial charge in [0, 0.05) is 20.7 Å². The number of benzene rings is 3. The summed E-state index contributed by atoms with van der Waals surface area (Å²) in [4.78, 5) is 18.0. The predicted molar refractivity (Wildman–Crippen MR) is 140 cm³/mol. The Morgan fingerprint density at radius 3 is 2.38 bits per heavy atom. The lowest BCUT2D eigenvalue weighted by atomic mass is 10.1. The highest BCUT2D eigenvalue weighted by atomic mass is 127. The first kappa shape index (κ1) is 22.8. The van der Waals surface area contributed by atoms with E-state index in [1.165, 1.54) is 3.57 Å². The van der Waals surface area contributed by atoms with E-state index in [4.69, 9.17) is 21.3 Å². The third-order valence-electron chi connectivity index (χ3n) is 5.32. The molecule has 0 atom stereocenters. The highest BCUT2D eigenvalue weighted by Crippen LogP contribution is 2.22. The van der Waals surface area contributed by atoms with Crippen molar-refractivity contribution in [3.05, 3.63) is 91.7 Å². The molecule has 0 bridgehead atoms. The minimum absolute atomic E-state index is 0.00240. The van der Waals surface area contributed by atoms with E-state index in [0.29, 0.717) is 34.9 Å². The van der Waals surface area contributed by atoms with Crippen molar-refractivity contribution in [3.8, 4) is 17.1 Å². The molecule has 3 aromatic carbocycles. The topological polar surface area (TPSA) is 44.1 Å². The molecule has 0 aliphatic rings. The number of halogens is 2. The fourth-order valence-electron chi connectivity index (χ4n) is 3.64. The number of unbranched alkanes of at least 4 members (excludes halogenated alkanes) is 3. The molecule has 0 fully saturated rings. The van der Waals surface area contributed by atoms with Crippen molar-refractivity contribution in [2.45, 2.75) is 32.2 Å². The molecule has 32 heavy (non-hydrogen) atoms. The molecule has 0 saturated heterocycles. The zero-order valence-corrected chi connectivity index (χ0v) is 20.6. The first-order chi connectivity index (χ1) is 15.6. The van der Waals surface area contributed by atoms with Gasteiger partial charge in [-0.15, -0.1) is 0 Å². The Morgan fingerprint density at radius 2 is 1.59 bits per heavy atom. The molecule has 0 saturated carbocycles. The molecule has 0 amide bonds. The van der Waals surface area contributed by atoms with E-state index in [-0.39, 0.29) is 5.56 Å². The SMILES string of the molecule is O=c1c2ccccc2nc(-c2ccc(Cl)cc2)n1CCCCCCOc1ccc(I)cc1. The summed E-state index contributed by atoms with van der Waals surface area (Å²) in [6.45, 7) is 1.33. The van der Waals surface area contributed by atoms with Gasteiger partial charge in [-0.1, -0.05) is 36.6 Å². The number of nitrogens with zero attached hydrogens (tertiary/aromatic N) is 2. The van der Waals surface area contributed by atoms with Crippen LogP contribution in [0.5, 0.6) is 5.75 Å². The van der Waals surface area contributed by atoms with E-state index in [9.17, 15) is 4.79 Å². The highest BCUT2D eigenvalue weighted by Gasteiger charge is 2.12. The predicted octanol–water partition coefficient (Wildman–Crippen LogP) is 6.96. The van der Waals surface area contributed by atoms with Gasteiger partial charge in [0.25, 0.3) is 5.56 Å². The molecule has 4 nitrogen and oxygen atoms in total. The van der Waals surface area contributed by atoms with Gasteiger partial charge >= 0.3 is 0 Å². The van der Waals surface area contributed by atoms with Crippen LogP contribution < -0.4 is 10.3 Å². The zero-order valence-electron chi connectivity index (χ0n) is 17.6. The molecule has 4 rings (SSSR count). The molecule has 0 unspecified atom stereocenters. The Labute approximate surface area is 206 Å². The van der Waals surface area contributed by atoms with Gasteiger partial charge in [0.15, 0.2) is 0 Å². The van der Waals surface area contributed by atoms with Crippen molar-refractivity contribution in [2.75, 3.05) is 6.61 Å². The summed E-state index contributed by atoms with van der Waals surface area (Å²) in [5, 5.41) is 1.31. The van der Waals surface area contributed by atoms with Crippen molar-refractivity contribution >= 4 is 45.1 Å². The van der Waals surface area contributed by atoms with Crippen molar-refractivity contribution in [1.82, 2.24) is 9.55 Å².